The van der Waals surface area contributed by atoms with Crippen molar-refractivity contribution in [3.63, 3.8) is 0 Å². The zero-order valence-corrected chi connectivity index (χ0v) is 11.0. The van der Waals surface area contributed by atoms with Gasteiger partial charge in [0.1, 0.15) is 12.4 Å². The number of nitrogens with zero attached hydrogens (tertiary/aromatic N) is 1. The molecule has 6 heteroatoms. The monoisotopic (exact) mass is 273 g/mol. The summed E-state index contributed by atoms with van der Waals surface area (Å²) in [7, 11) is 1.53. The second-order valence-corrected chi connectivity index (χ2v) is 4.08. The van der Waals surface area contributed by atoms with E-state index in [2.05, 4.69) is 4.98 Å². The summed E-state index contributed by atoms with van der Waals surface area (Å²) in [6.07, 6.45) is 1.62. The Morgan fingerprint density at radius 3 is 2.85 bits per heavy atom. The number of ether oxygens (including phenoxy) is 2. The maximum atomic E-state index is 11.3. The molecule has 0 saturated heterocycles. The molecule has 0 aliphatic carbocycles. The van der Waals surface area contributed by atoms with Crippen LogP contribution in [0.1, 0.15) is 15.9 Å². The van der Waals surface area contributed by atoms with Gasteiger partial charge in [0.05, 0.1) is 18.2 Å². The number of carbonyl (C=O) groups excluding carboxylic acids is 1. The molecule has 0 saturated carbocycles. The summed E-state index contributed by atoms with van der Waals surface area (Å²) in [6.45, 7) is 0.195. The van der Waals surface area contributed by atoms with Crippen LogP contribution < -0.4 is 20.9 Å². The van der Waals surface area contributed by atoms with Crippen LogP contribution in [0.25, 0.3) is 0 Å². The molecule has 2 aromatic rings. The lowest BCUT2D eigenvalue weighted by molar-refractivity contribution is 0.0996. The number of aromatic nitrogens is 1. The van der Waals surface area contributed by atoms with Gasteiger partial charge < -0.3 is 20.9 Å². The molecule has 20 heavy (non-hydrogen) atoms. The lowest BCUT2D eigenvalue weighted by Gasteiger charge is -2.12. The minimum absolute atomic E-state index is 0.195. The molecule has 0 fully saturated rings. The SMILES string of the molecule is COc1ncccc1COc1cc(N)ccc1C(N)=O. The van der Waals surface area contributed by atoms with Gasteiger partial charge in [-0.05, 0) is 24.3 Å². The molecule has 104 valence electrons. The first-order chi connectivity index (χ1) is 9.61. The number of methoxy groups -OCH3 is 1. The van der Waals surface area contributed by atoms with E-state index < -0.39 is 5.91 Å². The molecule has 1 amide bonds. The molecule has 0 unspecified atom stereocenters. The Morgan fingerprint density at radius 1 is 1.35 bits per heavy atom. The standard InChI is InChI=1S/C14H15N3O3/c1-19-14-9(3-2-6-17-14)8-20-12-7-10(15)4-5-11(12)13(16)18/h2-7H,8,15H2,1H3,(H2,16,18). The zero-order chi connectivity index (χ0) is 14.5. The summed E-state index contributed by atoms with van der Waals surface area (Å²) in [4.78, 5) is 15.4. The van der Waals surface area contributed by atoms with E-state index in [1.807, 2.05) is 6.07 Å². The molecule has 1 heterocycles. The molecule has 0 aliphatic rings. The number of benzene rings is 1. The van der Waals surface area contributed by atoms with E-state index in [1.165, 1.54) is 13.2 Å². The topological polar surface area (TPSA) is 100 Å². The van der Waals surface area contributed by atoms with Crippen LogP contribution in [0.3, 0.4) is 0 Å². The first kappa shape index (κ1) is 13.7. The third-order valence-corrected chi connectivity index (χ3v) is 2.70. The Bertz CT molecular complexity index is 629. The number of primary amides is 1. The first-order valence-electron chi connectivity index (χ1n) is 5.92. The molecule has 0 bridgehead atoms. The zero-order valence-electron chi connectivity index (χ0n) is 11.0. The van der Waals surface area contributed by atoms with Crippen molar-refractivity contribution < 1.29 is 14.3 Å². The number of nitrogens with two attached hydrogens (primary N) is 2. The van der Waals surface area contributed by atoms with Crippen molar-refractivity contribution >= 4 is 11.6 Å². The summed E-state index contributed by atoms with van der Waals surface area (Å²) >= 11 is 0. The van der Waals surface area contributed by atoms with Crippen LogP contribution in [0.15, 0.2) is 36.5 Å². The van der Waals surface area contributed by atoms with E-state index in [0.717, 1.165) is 5.56 Å². The molecule has 0 spiro atoms. The smallest absolute Gasteiger partial charge is 0.252 e. The fraction of sp³-hybridized carbons (Fsp3) is 0.143. The Balaban J connectivity index is 2.22. The van der Waals surface area contributed by atoms with Crippen LogP contribution in [0.2, 0.25) is 0 Å². The van der Waals surface area contributed by atoms with E-state index in [0.29, 0.717) is 17.3 Å². The summed E-state index contributed by atoms with van der Waals surface area (Å²) < 4.78 is 10.7. The van der Waals surface area contributed by atoms with E-state index in [-0.39, 0.29) is 12.2 Å². The van der Waals surface area contributed by atoms with Gasteiger partial charge in [0, 0.05) is 18.0 Å². The highest BCUT2D eigenvalue weighted by Gasteiger charge is 2.11. The highest BCUT2D eigenvalue weighted by molar-refractivity contribution is 5.96. The van der Waals surface area contributed by atoms with Crippen LogP contribution in [0.4, 0.5) is 5.69 Å². The van der Waals surface area contributed by atoms with Crippen LogP contribution in [-0.4, -0.2) is 18.0 Å². The third-order valence-electron chi connectivity index (χ3n) is 2.70. The Labute approximate surface area is 116 Å². The van der Waals surface area contributed by atoms with Crippen LogP contribution >= 0.6 is 0 Å². The van der Waals surface area contributed by atoms with Gasteiger partial charge in [0.25, 0.3) is 5.91 Å². The normalized spacial score (nSPS) is 10.1. The third kappa shape index (κ3) is 2.97. The van der Waals surface area contributed by atoms with Gasteiger partial charge in [-0.2, -0.15) is 0 Å². The summed E-state index contributed by atoms with van der Waals surface area (Å²) in [5, 5.41) is 0. The van der Waals surface area contributed by atoms with E-state index in [4.69, 9.17) is 20.9 Å². The summed E-state index contributed by atoms with van der Waals surface area (Å²) in [5.41, 5.74) is 12.5. The highest BCUT2D eigenvalue weighted by atomic mass is 16.5. The van der Waals surface area contributed by atoms with Gasteiger partial charge in [-0.15, -0.1) is 0 Å². The molecule has 0 atom stereocenters. The molecular formula is C14H15N3O3. The van der Waals surface area contributed by atoms with Crippen molar-refractivity contribution in [2.24, 2.45) is 5.73 Å². The molecule has 2 rings (SSSR count). The molecule has 6 nitrogen and oxygen atoms in total. The quantitative estimate of drug-likeness (QED) is 0.801. The molecular weight excluding hydrogens is 258 g/mol. The number of pyridine rings is 1. The van der Waals surface area contributed by atoms with Crippen LogP contribution in [0.5, 0.6) is 11.6 Å². The Hall–Kier alpha value is -2.76. The van der Waals surface area contributed by atoms with Crippen molar-refractivity contribution in [1.29, 1.82) is 0 Å². The Morgan fingerprint density at radius 2 is 2.15 bits per heavy atom. The van der Waals surface area contributed by atoms with Crippen molar-refractivity contribution in [1.82, 2.24) is 4.98 Å². The Kier molecular flexibility index (Phi) is 4.05. The number of hydrogen-bond acceptors (Lipinski definition) is 5. The van der Waals surface area contributed by atoms with Gasteiger partial charge in [0.2, 0.25) is 5.88 Å². The maximum Gasteiger partial charge on any atom is 0.252 e. The summed E-state index contributed by atoms with van der Waals surface area (Å²) in [5.74, 6) is 0.235. The predicted molar refractivity (Wildman–Crippen MR) is 74.5 cm³/mol. The molecule has 4 N–H and O–H groups in total. The van der Waals surface area contributed by atoms with Crippen molar-refractivity contribution in [2.75, 3.05) is 12.8 Å². The average Bonchev–Trinajstić information content (AvgIpc) is 2.45. The number of carbonyl (C=O) groups is 1. The largest absolute Gasteiger partial charge is 0.488 e. The fourth-order valence-corrected chi connectivity index (χ4v) is 1.74. The van der Waals surface area contributed by atoms with E-state index in [1.54, 1.807) is 24.4 Å². The van der Waals surface area contributed by atoms with Gasteiger partial charge in [-0.1, -0.05) is 0 Å². The maximum absolute atomic E-state index is 11.3. The summed E-state index contributed by atoms with van der Waals surface area (Å²) in [6, 6.07) is 8.28. The number of hydrogen-bond donors (Lipinski definition) is 2. The second kappa shape index (κ2) is 5.92. The lowest BCUT2D eigenvalue weighted by Crippen LogP contribution is -2.13. The minimum Gasteiger partial charge on any atom is -0.488 e. The van der Waals surface area contributed by atoms with Gasteiger partial charge in [0.15, 0.2) is 0 Å². The molecule has 1 aromatic heterocycles. The number of rotatable bonds is 5. The number of amides is 1. The molecule has 0 radical (unpaired) electrons. The minimum atomic E-state index is -0.571. The van der Waals surface area contributed by atoms with E-state index in [9.17, 15) is 4.79 Å². The van der Waals surface area contributed by atoms with Gasteiger partial charge >= 0.3 is 0 Å². The average molecular weight is 273 g/mol. The number of anilines is 1. The molecule has 1 aromatic carbocycles. The van der Waals surface area contributed by atoms with E-state index >= 15 is 0 Å². The number of nitrogen functional groups attached to an aromatic ring is 1. The van der Waals surface area contributed by atoms with Crippen molar-refractivity contribution in [3.8, 4) is 11.6 Å². The molecule has 0 aliphatic heterocycles. The predicted octanol–water partition coefficient (Wildman–Crippen LogP) is 1.35. The lowest BCUT2D eigenvalue weighted by atomic mass is 10.1. The van der Waals surface area contributed by atoms with Gasteiger partial charge in [-0.25, -0.2) is 4.98 Å². The fourth-order valence-electron chi connectivity index (χ4n) is 1.74. The highest BCUT2D eigenvalue weighted by Crippen LogP contribution is 2.24. The first-order valence-corrected chi connectivity index (χ1v) is 5.92. The van der Waals surface area contributed by atoms with Crippen molar-refractivity contribution in [3.05, 3.63) is 47.7 Å². The van der Waals surface area contributed by atoms with Crippen molar-refractivity contribution in [2.45, 2.75) is 6.61 Å². The second-order valence-electron chi connectivity index (χ2n) is 4.08. The van der Waals surface area contributed by atoms with Gasteiger partial charge in [-0.3, -0.25) is 4.79 Å². The van der Waals surface area contributed by atoms with Crippen LogP contribution in [0, 0.1) is 0 Å². The van der Waals surface area contributed by atoms with Crippen LogP contribution in [-0.2, 0) is 6.61 Å².